The third-order valence-electron chi connectivity index (χ3n) is 4.11. The number of carbonyl (C=O) groups is 1. The largest absolute Gasteiger partial charge is 0.393 e. The molecule has 2 aromatic rings. The van der Waals surface area contributed by atoms with Crippen LogP contribution in [0.15, 0.2) is 30.6 Å². The Bertz CT molecular complexity index is 635. The Balaban J connectivity index is 1.69. The van der Waals surface area contributed by atoms with E-state index in [2.05, 4.69) is 20.3 Å². The van der Waals surface area contributed by atoms with E-state index < -0.39 is 0 Å². The Kier molecular flexibility index (Phi) is 4.20. The minimum Gasteiger partial charge on any atom is -0.393 e. The first kappa shape index (κ1) is 14.7. The molecule has 116 valence electrons. The van der Waals surface area contributed by atoms with Crippen molar-refractivity contribution in [2.24, 2.45) is 5.92 Å². The lowest BCUT2D eigenvalue weighted by atomic mass is 9.76. The highest BCUT2D eigenvalue weighted by Gasteiger charge is 2.35. The van der Waals surface area contributed by atoms with Crippen molar-refractivity contribution in [1.29, 1.82) is 0 Å². The molecular weight excluding hydrogens is 280 g/mol. The Morgan fingerprint density at radius 1 is 1.45 bits per heavy atom. The zero-order valence-corrected chi connectivity index (χ0v) is 12.5. The van der Waals surface area contributed by atoms with Gasteiger partial charge in [-0.05, 0) is 37.8 Å². The predicted octanol–water partition coefficient (Wildman–Crippen LogP) is 1.23. The van der Waals surface area contributed by atoms with Crippen molar-refractivity contribution in [2.45, 2.75) is 38.3 Å². The molecule has 2 heterocycles. The van der Waals surface area contributed by atoms with E-state index >= 15 is 0 Å². The molecule has 3 N–H and O–H groups in total. The first-order valence-corrected chi connectivity index (χ1v) is 7.52. The summed E-state index contributed by atoms with van der Waals surface area (Å²) in [7, 11) is 0. The number of pyridine rings is 1. The molecule has 0 aliphatic heterocycles. The van der Waals surface area contributed by atoms with Gasteiger partial charge in [0.25, 0.3) is 5.91 Å². The monoisotopic (exact) mass is 300 g/mol. The number of H-pyrrole nitrogens is 1. The maximum Gasteiger partial charge on any atom is 0.287 e. The third kappa shape index (κ3) is 3.33. The fraction of sp³-hybridized carbons (Fsp3) is 0.438. The number of hydrogen-bond acceptors (Lipinski definition) is 4. The summed E-state index contributed by atoms with van der Waals surface area (Å²) in [6, 6.07) is 5.71. The molecule has 22 heavy (non-hydrogen) atoms. The van der Waals surface area contributed by atoms with E-state index in [4.69, 9.17) is 0 Å². The van der Waals surface area contributed by atoms with E-state index in [0.717, 1.165) is 24.2 Å². The summed E-state index contributed by atoms with van der Waals surface area (Å²) in [5, 5.41) is 12.6. The van der Waals surface area contributed by atoms with Gasteiger partial charge in [-0.25, -0.2) is 4.98 Å². The molecule has 0 bridgehead atoms. The number of nitrogens with zero attached hydrogens (tertiary/aromatic N) is 2. The summed E-state index contributed by atoms with van der Waals surface area (Å²) >= 11 is 0. The van der Waals surface area contributed by atoms with Gasteiger partial charge in [0.05, 0.1) is 6.10 Å². The molecule has 0 spiro atoms. The zero-order valence-electron chi connectivity index (χ0n) is 12.5. The lowest BCUT2D eigenvalue weighted by Gasteiger charge is -2.37. The van der Waals surface area contributed by atoms with E-state index in [9.17, 15) is 9.90 Å². The van der Waals surface area contributed by atoms with Crippen molar-refractivity contribution in [3.63, 3.8) is 0 Å². The summed E-state index contributed by atoms with van der Waals surface area (Å²) in [5.41, 5.74) is 1.79. The SMILES string of the molecule is Cc1cnc(C(=O)N[C@H](Cc2ccccn2)C2CC(O)C2)[nH]1. The van der Waals surface area contributed by atoms with Crippen molar-refractivity contribution >= 4 is 5.91 Å². The molecule has 0 radical (unpaired) electrons. The molecule has 3 rings (SSSR count). The highest BCUT2D eigenvalue weighted by Crippen LogP contribution is 2.31. The van der Waals surface area contributed by atoms with Crippen molar-refractivity contribution in [1.82, 2.24) is 20.3 Å². The number of aromatic amines is 1. The number of aryl methyl sites for hydroxylation is 1. The van der Waals surface area contributed by atoms with Crippen molar-refractivity contribution in [3.8, 4) is 0 Å². The zero-order chi connectivity index (χ0) is 15.5. The van der Waals surface area contributed by atoms with Gasteiger partial charge in [0.15, 0.2) is 5.82 Å². The second-order valence-corrected chi connectivity index (χ2v) is 5.91. The molecule has 1 atom stereocenters. The Labute approximate surface area is 129 Å². The number of amides is 1. The van der Waals surface area contributed by atoms with Gasteiger partial charge in [-0.1, -0.05) is 6.07 Å². The Hall–Kier alpha value is -2.21. The predicted molar refractivity (Wildman–Crippen MR) is 81.3 cm³/mol. The standard InChI is InChI=1S/C16H20N4O2/c1-10-9-18-15(19-10)16(22)20-14(11-6-13(21)7-11)8-12-4-2-3-5-17-12/h2-5,9,11,13-14,21H,6-8H2,1H3,(H,18,19)(H,20,22)/t11?,13?,14-/m1/s1. The molecule has 6 heteroatoms. The summed E-state index contributed by atoms with van der Waals surface area (Å²) in [5.74, 6) is 0.385. The quantitative estimate of drug-likeness (QED) is 0.774. The first-order valence-electron chi connectivity index (χ1n) is 7.52. The van der Waals surface area contributed by atoms with Crippen LogP contribution in [0.4, 0.5) is 0 Å². The van der Waals surface area contributed by atoms with Crippen LogP contribution in [0.5, 0.6) is 0 Å². The summed E-state index contributed by atoms with van der Waals surface area (Å²) < 4.78 is 0. The smallest absolute Gasteiger partial charge is 0.287 e. The number of aromatic nitrogens is 3. The molecule has 0 aromatic carbocycles. The average molecular weight is 300 g/mol. The molecule has 1 saturated carbocycles. The normalized spacial score (nSPS) is 21.9. The molecule has 1 aliphatic rings. The number of aliphatic hydroxyl groups excluding tert-OH is 1. The topological polar surface area (TPSA) is 90.9 Å². The van der Waals surface area contributed by atoms with E-state index in [1.54, 1.807) is 12.4 Å². The number of aliphatic hydroxyl groups is 1. The van der Waals surface area contributed by atoms with Gasteiger partial charge in [0.2, 0.25) is 0 Å². The number of imidazole rings is 1. The summed E-state index contributed by atoms with van der Waals surface area (Å²) in [4.78, 5) is 23.6. The van der Waals surface area contributed by atoms with Crippen LogP contribution in [0, 0.1) is 12.8 Å². The van der Waals surface area contributed by atoms with Crippen molar-refractivity contribution < 1.29 is 9.90 Å². The van der Waals surface area contributed by atoms with E-state index in [-0.39, 0.29) is 24.0 Å². The highest BCUT2D eigenvalue weighted by atomic mass is 16.3. The van der Waals surface area contributed by atoms with Crippen LogP contribution < -0.4 is 5.32 Å². The molecule has 1 fully saturated rings. The molecule has 0 saturated heterocycles. The first-order chi connectivity index (χ1) is 10.6. The van der Waals surface area contributed by atoms with E-state index in [0.29, 0.717) is 12.2 Å². The Morgan fingerprint density at radius 2 is 2.27 bits per heavy atom. The number of rotatable bonds is 5. The fourth-order valence-corrected chi connectivity index (χ4v) is 2.80. The third-order valence-corrected chi connectivity index (χ3v) is 4.11. The van der Waals surface area contributed by atoms with Gasteiger partial charge in [0, 0.05) is 36.2 Å². The Morgan fingerprint density at radius 3 is 2.86 bits per heavy atom. The molecule has 0 unspecified atom stereocenters. The molecule has 1 aliphatic carbocycles. The molecule has 1 amide bonds. The lowest BCUT2D eigenvalue weighted by molar-refractivity contribution is 0.0237. The highest BCUT2D eigenvalue weighted by molar-refractivity contribution is 5.90. The lowest BCUT2D eigenvalue weighted by Crippen LogP contribution is -2.48. The van der Waals surface area contributed by atoms with Crippen LogP contribution in [-0.4, -0.2) is 38.1 Å². The summed E-state index contributed by atoms with van der Waals surface area (Å²) in [6.45, 7) is 1.86. The van der Waals surface area contributed by atoms with Gasteiger partial charge in [-0.2, -0.15) is 0 Å². The van der Waals surface area contributed by atoms with Crippen molar-refractivity contribution in [3.05, 3.63) is 47.8 Å². The van der Waals surface area contributed by atoms with Gasteiger partial charge in [-0.15, -0.1) is 0 Å². The van der Waals surface area contributed by atoms with Gasteiger partial charge >= 0.3 is 0 Å². The van der Waals surface area contributed by atoms with E-state index in [1.165, 1.54) is 0 Å². The number of nitrogens with one attached hydrogen (secondary N) is 2. The second-order valence-electron chi connectivity index (χ2n) is 5.91. The number of hydrogen-bond donors (Lipinski definition) is 3. The van der Waals surface area contributed by atoms with Crippen LogP contribution in [0.1, 0.15) is 34.8 Å². The second kappa shape index (κ2) is 6.27. The van der Waals surface area contributed by atoms with Crippen LogP contribution in [-0.2, 0) is 6.42 Å². The van der Waals surface area contributed by atoms with Crippen LogP contribution in [0.25, 0.3) is 0 Å². The fourth-order valence-electron chi connectivity index (χ4n) is 2.80. The maximum atomic E-state index is 12.3. The van der Waals surface area contributed by atoms with Gasteiger partial charge < -0.3 is 15.4 Å². The van der Waals surface area contributed by atoms with Crippen LogP contribution in [0.3, 0.4) is 0 Å². The average Bonchev–Trinajstić information content (AvgIpc) is 2.91. The summed E-state index contributed by atoms with van der Waals surface area (Å²) in [6.07, 6.45) is 5.22. The van der Waals surface area contributed by atoms with Gasteiger partial charge in [-0.3, -0.25) is 9.78 Å². The van der Waals surface area contributed by atoms with Crippen molar-refractivity contribution in [2.75, 3.05) is 0 Å². The number of carbonyl (C=O) groups excluding carboxylic acids is 1. The van der Waals surface area contributed by atoms with Gasteiger partial charge in [0.1, 0.15) is 0 Å². The van der Waals surface area contributed by atoms with Crippen LogP contribution >= 0.6 is 0 Å². The molecule has 2 aromatic heterocycles. The molecular formula is C16H20N4O2. The molecule has 6 nitrogen and oxygen atoms in total. The minimum atomic E-state index is -0.251. The van der Waals surface area contributed by atoms with Crippen LogP contribution in [0.2, 0.25) is 0 Å². The minimum absolute atomic E-state index is 0.0452. The van der Waals surface area contributed by atoms with E-state index in [1.807, 2.05) is 25.1 Å². The maximum absolute atomic E-state index is 12.3.